The van der Waals surface area contributed by atoms with E-state index in [2.05, 4.69) is 12.0 Å². The molecule has 1 saturated heterocycles. The van der Waals surface area contributed by atoms with Crippen molar-refractivity contribution in [3.8, 4) is 0 Å². The monoisotopic (exact) mass is 255 g/mol. The van der Waals surface area contributed by atoms with Gasteiger partial charge in [-0.3, -0.25) is 9.48 Å². The predicted octanol–water partition coefficient (Wildman–Crippen LogP) is 2.14. The summed E-state index contributed by atoms with van der Waals surface area (Å²) < 4.78 is 1.66. The lowest BCUT2D eigenvalue weighted by Gasteiger charge is -2.16. The molecular weight excluding hydrogens is 238 g/mol. The molecule has 1 fully saturated rings. The maximum Gasteiger partial charge on any atom is 0.223 e. The largest absolute Gasteiger partial charge is 0.338 e. The summed E-state index contributed by atoms with van der Waals surface area (Å²) in [7, 11) is 1.82. The van der Waals surface area contributed by atoms with Crippen molar-refractivity contribution < 1.29 is 4.79 Å². The van der Waals surface area contributed by atoms with Crippen LogP contribution in [0.3, 0.4) is 0 Å². The Bertz CT molecular complexity index is 441. The van der Waals surface area contributed by atoms with Crippen LogP contribution in [0.5, 0.6) is 0 Å². The molecule has 5 heteroatoms. The van der Waals surface area contributed by atoms with E-state index in [-0.39, 0.29) is 5.91 Å². The molecule has 0 saturated carbocycles. The molecule has 1 atom stereocenters. The van der Waals surface area contributed by atoms with Gasteiger partial charge in [0.25, 0.3) is 0 Å². The van der Waals surface area contributed by atoms with Gasteiger partial charge in [0.2, 0.25) is 5.91 Å². The number of rotatable bonds is 3. The van der Waals surface area contributed by atoms with E-state index in [1.807, 2.05) is 18.9 Å². The molecule has 4 nitrogen and oxygen atoms in total. The molecule has 0 aromatic carbocycles. The Kier molecular flexibility index (Phi) is 3.43. The molecule has 2 rings (SSSR count). The van der Waals surface area contributed by atoms with E-state index in [9.17, 15) is 4.79 Å². The predicted molar refractivity (Wildman–Crippen MR) is 66.8 cm³/mol. The van der Waals surface area contributed by atoms with Crippen LogP contribution in [0, 0.1) is 12.8 Å². The zero-order valence-corrected chi connectivity index (χ0v) is 11.3. The highest BCUT2D eigenvalue weighted by atomic mass is 35.5. The highest BCUT2D eigenvalue weighted by Gasteiger charge is 2.29. The standard InChI is InChI=1S/C12H18ClN3O/c1-4-9-5-11(17)16(6-9)7-10-8(2)14-15(3)12(10)13/h9H,4-7H2,1-3H3. The van der Waals surface area contributed by atoms with Crippen LogP contribution < -0.4 is 0 Å². The summed E-state index contributed by atoms with van der Waals surface area (Å²) in [6.45, 7) is 5.50. The van der Waals surface area contributed by atoms with Crippen molar-refractivity contribution in [3.63, 3.8) is 0 Å². The third-order valence-corrected chi connectivity index (χ3v) is 3.96. The molecule has 1 aliphatic heterocycles. The number of likely N-dealkylation sites (tertiary alicyclic amines) is 1. The minimum Gasteiger partial charge on any atom is -0.338 e. The molecule has 0 N–H and O–H groups in total. The molecule has 1 aromatic heterocycles. The highest BCUT2D eigenvalue weighted by Crippen LogP contribution is 2.26. The first-order valence-corrected chi connectivity index (χ1v) is 6.36. The van der Waals surface area contributed by atoms with E-state index in [1.54, 1.807) is 4.68 Å². The van der Waals surface area contributed by atoms with Crippen molar-refractivity contribution in [1.29, 1.82) is 0 Å². The molecule has 0 bridgehead atoms. The Hall–Kier alpha value is -1.03. The van der Waals surface area contributed by atoms with Gasteiger partial charge in [0.05, 0.1) is 12.2 Å². The van der Waals surface area contributed by atoms with Gasteiger partial charge >= 0.3 is 0 Å². The van der Waals surface area contributed by atoms with E-state index >= 15 is 0 Å². The second-order valence-electron chi connectivity index (χ2n) is 4.73. The van der Waals surface area contributed by atoms with E-state index in [1.165, 1.54) is 0 Å². The van der Waals surface area contributed by atoms with Gasteiger partial charge in [-0.2, -0.15) is 5.10 Å². The van der Waals surface area contributed by atoms with Gasteiger partial charge in [-0.15, -0.1) is 0 Å². The van der Waals surface area contributed by atoms with Crippen molar-refractivity contribution in [2.24, 2.45) is 13.0 Å². The Balaban J connectivity index is 2.14. The number of amides is 1. The second kappa shape index (κ2) is 4.69. The maximum atomic E-state index is 11.8. The topological polar surface area (TPSA) is 38.1 Å². The van der Waals surface area contributed by atoms with Gasteiger partial charge in [-0.1, -0.05) is 24.9 Å². The van der Waals surface area contributed by atoms with Crippen LogP contribution >= 0.6 is 11.6 Å². The Morgan fingerprint density at radius 2 is 2.24 bits per heavy atom. The highest BCUT2D eigenvalue weighted by molar-refractivity contribution is 6.30. The molecule has 1 unspecified atom stereocenters. The van der Waals surface area contributed by atoms with E-state index in [4.69, 9.17) is 11.6 Å². The molecule has 1 amide bonds. The number of carbonyl (C=O) groups excluding carboxylic acids is 1. The second-order valence-corrected chi connectivity index (χ2v) is 5.09. The summed E-state index contributed by atoms with van der Waals surface area (Å²) in [4.78, 5) is 13.7. The first-order chi connectivity index (χ1) is 8.02. The van der Waals surface area contributed by atoms with Crippen molar-refractivity contribution >= 4 is 17.5 Å². The van der Waals surface area contributed by atoms with E-state index in [0.29, 0.717) is 24.0 Å². The number of carbonyl (C=O) groups is 1. The van der Waals surface area contributed by atoms with Gasteiger partial charge in [0, 0.05) is 25.6 Å². The summed E-state index contributed by atoms with van der Waals surface area (Å²) in [6, 6.07) is 0. The van der Waals surface area contributed by atoms with Crippen molar-refractivity contribution in [1.82, 2.24) is 14.7 Å². The van der Waals surface area contributed by atoms with Crippen LogP contribution in [-0.2, 0) is 18.4 Å². The normalized spacial score (nSPS) is 20.4. The Morgan fingerprint density at radius 3 is 2.71 bits per heavy atom. The van der Waals surface area contributed by atoms with Crippen LogP contribution in [0.15, 0.2) is 0 Å². The van der Waals surface area contributed by atoms with Crippen molar-refractivity contribution in [2.45, 2.75) is 33.2 Å². The minimum atomic E-state index is 0.233. The van der Waals surface area contributed by atoms with Gasteiger partial charge in [0.1, 0.15) is 5.15 Å². The molecule has 94 valence electrons. The molecular formula is C12H18ClN3O. The van der Waals surface area contributed by atoms with Crippen LogP contribution in [0.1, 0.15) is 31.0 Å². The van der Waals surface area contributed by atoms with E-state index < -0.39 is 0 Å². The Morgan fingerprint density at radius 1 is 1.53 bits per heavy atom. The lowest BCUT2D eigenvalue weighted by atomic mass is 10.1. The summed E-state index contributed by atoms with van der Waals surface area (Å²) in [5, 5.41) is 4.90. The zero-order chi connectivity index (χ0) is 12.6. The number of hydrogen-bond donors (Lipinski definition) is 0. The maximum absolute atomic E-state index is 11.8. The SMILES string of the molecule is CCC1CC(=O)N(Cc2c(C)nn(C)c2Cl)C1. The average molecular weight is 256 g/mol. The van der Waals surface area contributed by atoms with Gasteiger partial charge in [0.15, 0.2) is 0 Å². The molecule has 2 heterocycles. The average Bonchev–Trinajstić information content (AvgIpc) is 2.75. The molecule has 17 heavy (non-hydrogen) atoms. The lowest BCUT2D eigenvalue weighted by Crippen LogP contribution is -2.24. The smallest absolute Gasteiger partial charge is 0.223 e. The van der Waals surface area contributed by atoms with Crippen LogP contribution in [0.25, 0.3) is 0 Å². The summed E-state index contributed by atoms with van der Waals surface area (Å²) in [6.07, 6.45) is 1.73. The Labute approximate surface area is 107 Å². The fourth-order valence-electron chi connectivity index (χ4n) is 2.32. The van der Waals surface area contributed by atoms with Gasteiger partial charge in [-0.05, 0) is 12.8 Å². The van der Waals surface area contributed by atoms with Gasteiger partial charge < -0.3 is 4.90 Å². The molecule has 0 spiro atoms. The third-order valence-electron chi connectivity index (χ3n) is 3.49. The van der Waals surface area contributed by atoms with Crippen LogP contribution in [0.2, 0.25) is 5.15 Å². The quantitative estimate of drug-likeness (QED) is 0.830. The number of nitrogens with zero attached hydrogens (tertiary/aromatic N) is 3. The number of aryl methyl sites for hydroxylation is 2. The molecule has 0 radical (unpaired) electrons. The van der Waals surface area contributed by atoms with Crippen LogP contribution in [0.4, 0.5) is 0 Å². The number of hydrogen-bond acceptors (Lipinski definition) is 2. The third kappa shape index (κ3) is 2.32. The number of aromatic nitrogens is 2. The lowest BCUT2D eigenvalue weighted by molar-refractivity contribution is -0.128. The van der Waals surface area contributed by atoms with E-state index in [0.717, 1.165) is 24.2 Å². The zero-order valence-electron chi connectivity index (χ0n) is 10.5. The first kappa shape index (κ1) is 12.4. The van der Waals surface area contributed by atoms with Gasteiger partial charge in [-0.25, -0.2) is 0 Å². The molecule has 0 aliphatic carbocycles. The van der Waals surface area contributed by atoms with Crippen LogP contribution in [-0.4, -0.2) is 27.1 Å². The summed E-state index contributed by atoms with van der Waals surface area (Å²) in [5.74, 6) is 0.731. The number of halogens is 1. The fraction of sp³-hybridized carbons (Fsp3) is 0.667. The fourth-order valence-corrected chi connectivity index (χ4v) is 2.56. The molecule has 1 aliphatic rings. The first-order valence-electron chi connectivity index (χ1n) is 5.98. The van der Waals surface area contributed by atoms with Crippen molar-refractivity contribution in [2.75, 3.05) is 6.54 Å². The summed E-state index contributed by atoms with van der Waals surface area (Å²) >= 11 is 6.17. The van der Waals surface area contributed by atoms with Crippen molar-refractivity contribution in [3.05, 3.63) is 16.4 Å². The summed E-state index contributed by atoms with van der Waals surface area (Å²) in [5.41, 5.74) is 1.88. The molecule has 1 aromatic rings. The minimum absolute atomic E-state index is 0.233.